The van der Waals surface area contributed by atoms with Crippen molar-refractivity contribution < 1.29 is 18.3 Å². The Morgan fingerprint density at radius 2 is 1.80 bits per heavy atom. The number of benzene rings is 1. The first-order valence-corrected chi connectivity index (χ1v) is 8.16. The third-order valence-corrected chi connectivity index (χ3v) is 5.19. The second-order valence-electron chi connectivity index (χ2n) is 4.29. The highest BCUT2D eigenvalue weighted by atomic mass is 79.9. The molecule has 0 fully saturated rings. The Kier molecular flexibility index (Phi) is 5.71. The van der Waals surface area contributed by atoms with Crippen molar-refractivity contribution in [2.45, 2.75) is 24.0 Å². The molecule has 0 saturated heterocycles. The molecule has 0 spiro atoms. The van der Waals surface area contributed by atoms with Crippen LogP contribution in [0.15, 0.2) is 57.4 Å². The summed E-state index contributed by atoms with van der Waals surface area (Å²) in [6.07, 6.45) is 3.87. The van der Waals surface area contributed by atoms with Crippen molar-refractivity contribution >= 4 is 31.7 Å². The lowest BCUT2D eigenvalue weighted by Crippen LogP contribution is -2.15. The van der Waals surface area contributed by atoms with E-state index in [1.165, 1.54) is 24.3 Å². The van der Waals surface area contributed by atoms with Crippen LogP contribution in [0.2, 0.25) is 0 Å². The van der Waals surface area contributed by atoms with Crippen molar-refractivity contribution in [3.05, 3.63) is 52.5 Å². The highest BCUT2D eigenvalue weighted by molar-refractivity contribution is 9.10. The van der Waals surface area contributed by atoms with Crippen molar-refractivity contribution in [2.75, 3.05) is 0 Å². The maximum Gasteiger partial charge on any atom is 0.328 e. The number of sulfone groups is 1. The third kappa shape index (κ3) is 4.61. The van der Waals surface area contributed by atoms with Gasteiger partial charge in [0, 0.05) is 10.5 Å². The molecule has 1 aromatic carbocycles. The fraction of sp³-hybridized carbons (Fsp3) is 0.214. The number of carbonyl (C=O) groups is 1. The highest BCUT2D eigenvalue weighted by Gasteiger charge is 2.21. The van der Waals surface area contributed by atoms with E-state index in [4.69, 9.17) is 5.11 Å². The van der Waals surface area contributed by atoms with Crippen LogP contribution < -0.4 is 0 Å². The monoisotopic (exact) mass is 358 g/mol. The Hall–Kier alpha value is -1.40. The van der Waals surface area contributed by atoms with Gasteiger partial charge in [0.15, 0.2) is 9.84 Å². The summed E-state index contributed by atoms with van der Waals surface area (Å²) >= 11 is 3.25. The highest BCUT2D eigenvalue weighted by Crippen LogP contribution is 2.20. The molecule has 1 unspecified atom stereocenters. The first-order valence-electron chi connectivity index (χ1n) is 5.82. The summed E-state index contributed by atoms with van der Waals surface area (Å²) in [6, 6.07) is 6.40. The number of rotatable bonds is 5. The molecule has 108 valence electrons. The van der Waals surface area contributed by atoms with Gasteiger partial charge in [-0.15, -0.1) is 0 Å². The van der Waals surface area contributed by atoms with Gasteiger partial charge < -0.3 is 5.11 Å². The van der Waals surface area contributed by atoms with Crippen LogP contribution in [0.5, 0.6) is 0 Å². The minimum Gasteiger partial charge on any atom is -0.478 e. The van der Waals surface area contributed by atoms with Gasteiger partial charge in [-0.25, -0.2) is 13.2 Å². The summed E-state index contributed by atoms with van der Waals surface area (Å²) in [5.41, 5.74) is 0.584. The molecule has 0 saturated carbocycles. The molecule has 0 aliphatic heterocycles. The zero-order valence-corrected chi connectivity index (χ0v) is 13.5. The summed E-state index contributed by atoms with van der Waals surface area (Å²) in [4.78, 5) is 10.6. The average Bonchev–Trinajstić information content (AvgIpc) is 2.36. The van der Waals surface area contributed by atoms with E-state index in [1.807, 2.05) is 0 Å². The van der Waals surface area contributed by atoms with Crippen molar-refractivity contribution in [2.24, 2.45) is 0 Å². The van der Waals surface area contributed by atoms with E-state index in [0.29, 0.717) is 5.57 Å². The van der Waals surface area contributed by atoms with Gasteiger partial charge in [-0.3, -0.25) is 0 Å². The Balaban J connectivity index is 3.01. The fourth-order valence-electron chi connectivity index (χ4n) is 1.56. The predicted octanol–water partition coefficient (Wildman–Crippen LogP) is 3.20. The smallest absolute Gasteiger partial charge is 0.328 e. The normalized spacial score (nSPS) is 14.4. The molecular weight excluding hydrogens is 344 g/mol. The van der Waals surface area contributed by atoms with Gasteiger partial charge >= 0.3 is 5.97 Å². The zero-order valence-electron chi connectivity index (χ0n) is 11.1. The first-order chi connectivity index (χ1) is 9.23. The van der Waals surface area contributed by atoms with Crippen molar-refractivity contribution in [3.63, 3.8) is 0 Å². The second-order valence-corrected chi connectivity index (χ2v) is 7.51. The van der Waals surface area contributed by atoms with Crippen LogP contribution in [0.1, 0.15) is 13.8 Å². The number of carboxylic acids is 1. The molecule has 0 radical (unpaired) electrons. The van der Waals surface area contributed by atoms with Crippen molar-refractivity contribution in [3.8, 4) is 0 Å². The molecule has 0 bridgehead atoms. The summed E-state index contributed by atoms with van der Waals surface area (Å²) in [7, 11) is -3.47. The van der Waals surface area contributed by atoms with E-state index in [2.05, 4.69) is 15.9 Å². The van der Waals surface area contributed by atoms with Crippen LogP contribution in [-0.2, 0) is 14.6 Å². The van der Waals surface area contributed by atoms with E-state index in [0.717, 1.165) is 10.5 Å². The largest absolute Gasteiger partial charge is 0.478 e. The van der Waals surface area contributed by atoms with E-state index in [9.17, 15) is 13.2 Å². The van der Waals surface area contributed by atoms with Gasteiger partial charge in [0.05, 0.1) is 10.1 Å². The molecule has 1 atom stereocenters. The Morgan fingerprint density at radius 3 is 2.30 bits per heavy atom. The predicted molar refractivity (Wildman–Crippen MR) is 81.3 cm³/mol. The number of halogens is 1. The number of carboxylic acid groups (broad SMARTS) is 1. The van der Waals surface area contributed by atoms with Crippen LogP contribution in [0.3, 0.4) is 0 Å². The third-order valence-electron chi connectivity index (χ3n) is 2.62. The van der Waals surface area contributed by atoms with Crippen LogP contribution in [-0.4, -0.2) is 24.7 Å². The Bertz CT molecular complexity index is 642. The molecular formula is C14H15BrO4S. The minimum atomic E-state index is -3.47. The van der Waals surface area contributed by atoms with Gasteiger partial charge in [-0.1, -0.05) is 33.7 Å². The number of allylic oxidation sites excluding steroid dienone is 2. The Labute approximate surface area is 126 Å². The van der Waals surface area contributed by atoms with Crippen molar-refractivity contribution in [1.82, 2.24) is 0 Å². The fourth-order valence-corrected chi connectivity index (χ4v) is 3.16. The molecule has 20 heavy (non-hydrogen) atoms. The maximum atomic E-state index is 12.3. The maximum absolute atomic E-state index is 12.3. The average molecular weight is 359 g/mol. The molecule has 0 aromatic heterocycles. The van der Waals surface area contributed by atoms with Gasteiger partial charge in [0.2, 0.25) is 0 Å². The van der Waals surface area contributed by atoms with E-state index < -0.39 is 21.1 Å². The number of hydrogen-bond donors (Lipinski definition) is 1. The Morgan fingerprint density at radius 1 is 1.25 bits per heavy atom. The van der Waals surface area contributed by atoms with Gasteiger partial charge in [-0.05, 0) is 38.1 Å². The molecule has 1 N–H and O–H groups in total. The lowest BCUT2D eigenvalue weighted by atomic mass is 10.2. The summed E-state index contributed by atoms with van der Waals surface area (Å²) in [6.45, 7) is 3.22. The van der Waals surface area contributed by atoms with Crippen LogP contribution >= 0.6 is 15.9 Å². The number of aliphatic carboxylic acids is 1. The number of hydrogen-bond acceptors (Lipinski definition) is 3. The van der Waals surface area contributed by atoms with Gasteiger partial charge in [-0.2, -0.15) is 0 Å². The standard InChI is InChI=1S/C14H15BrO4S/c1-10(3-8-14(16)17)9-11(2)20(18,19)13-6-4-12(15)5-7-13/h3-9,11H,1-2H3,(H,16,17)/b8-3+,10-9+. The van der Waals surface area contributed by atoms with Crippen LogP contribution in [0.4, 0.5) is 0 Å². The first kappa shape index (κ1) is 16.7. The SMILES string of the molecule is CC(/C=C/C(=O)O)=C\C(C)S(=O)(=O)c1ccc(Br)cc1. The topological polar surface area (TPSA) is 71.4 Å². The quantitative estimate of drug-likeness (QED) is 0.647. The summed E-state index contributed by atoms with van der Waals surface area (Å²) in [5, 5.41) is 7.79. The summed E-state index contributed by atoms with van der Waals surface area (Å²) < 4.78 is 25.4. The lowest BCUT2D eigenvalue weighted by Gasteiger charge is -2.10. The molecule has 4 nitrogen and oxygen atoms in total. The molecule has 0 aliphatic carbocycles. The van der Waals surface area contributed by atoms with Crippen LogP contribution in [0.25, 0.3) is 0 Å². The molecule has 0 heterocycles. The van der Waals surface area contributed by atoms with E-state index in [1.54, 1.807) is 26.0 Å². The molecule has 1 aromatic rings. The van der Waals surface area contributed by atoms with Crippen LogP contribution in [0, 0.1) is 0 Å². The second kappa shape index (κ2) is 6.85. The van der Waals surface area contributed by atoms with Crippen molar-refractivity contribution in [1.29, 1.82) is 0 Å². The molecule has 0 aliphatic rings. The molecule has 0 amide bonds. The van der Waals surface area contributed by atoms with E-state index >= 15 is 0 Å². The van der Waals surface area contributed by atoms with E-state index in [-0.39, 0.29) is 4.90 Å². The molecule has 1 rings (SSSR count). The minimum absolute atomic E-state index is 0.236. The molecule has 6 heteroatoms. The van der Waals surface area contributed by atoms with Gasteiger partial charge in [0.25, 0.3) is 0 Å². The lowest BCUT2D eigenvalue weighted by molar-refractivity contribution is -0.131. The zero-order chi connectivity index (χ0) is 15.3. The summed E-state index contributed by atoms with van der Waals surface area (Å²) in [5.74, 6) is -1.07. The van der Waals surface area contributed by atoms with Gasteiger partial charge in [0.1, 0.15) is 0 Å².